The van der Waals surface area contributed by atoms with Crippen molar-refractivity contribution in [3.8, 4) is 0 Å². The summed E-state index contributed by atoms with van der Waals surface area (Å²) in [5.74, 6) is 0.823. The van der Waals surface area contributed by atoms with Crippen LogP contribution in [0.2, 0.25) is 0 Å². The van der Waals surface area contributed by atoms with Gasteiger partial charge in [-0.1, -0.05) is 31.2 Å². The first-order valence-electron chi connectivity index (χ1n) is 8.56. The molecule has 0 bridgehead atoms. The Morgan fingerprint density at radius 3 is 2.88 bits per heavy atom. The van der Waals surface area contributed by atoms with Gasteiger partial charge in [-0.25, -0.2) is 9.78 Å². The van der Waals surface area contributed by atoms with Crippen molar-refractivity contribution in [2.45, 2.75) is 26.6 Å². The van der Waals surface area contributed by atoms with Crippen molar-refractivity contribution in [1.82, 2.24) is 14.5 Å². The van der Waals surface area contributed by atoms with Crippen molar-refractivity contribution in [2.75, 3.05) is 6.54 Å². The Labute approximate surface area is 146 Å². The number of carbonyl (C=O) groups excluding carboxylic acids is 1. The first kappa shape index (κ1) is 15.8. The van der Waals surface area contributed by atoms with E-state index in [-0.39, 0.29) is 5.97 Å². The summed E-state index contributed by atoms with van der Waals surface area (Å²) in [6.45, 7) is 5.06. The number of imidazole rings is 1. The second kappa shape index (κ2) is 6.33. The summed E-state index contributed by atoms with van der Waals surface area (Å²) in [5.41, 5.74) is 2.99. The van der Waals surface area contributed by atoms with Crippen molar-refractivity contribution in [2.24, 2.45) is 7.05 Å². The zero-order chi connectivity index (χ0) is 17.4. The van der Waals surface area contributed by atoms with Gasteiger partial charge in [-0.15, -0.1) is 0 Å². The molecule has 25 heavy (non-hydrogen) atoms. The van der Waals surface area contributed by atoms with Gasteiger partial charge in [0.05, 0.1) is 12.1 Å². The molecule has 5 heteroatoms. The number of aryl methyl sites for hydroxylation is 1. The molecule has 0 atom stereocenters. The number of cyclic esters (lactones) is 1. The van der Waals surface area contributed by atoms with Gasteiger partial charge in [0.15, 0.2) is 0 Å². The topological polar surface area (TPSA) is 47.4 Å². The van der Waals surface area contributed by atoms with Gasteiger partial charge < -0.3 is 9.30 Å². The Bertz CT molecular complexity index is 945. The van der Waals surface area contributed by atoms with Crippen LogP contribution in [0.4, 0.5) is 0 Å². The van der Waals surface area contributed by atoms with Gasteiger partial charge >= 0.3 is 5.97 Å². The lowest BCUT2D eigenvalue weighted by Crippen LogP contribution is -2.24. The van der Waals surface area contributed by atoms with Gasteiger partial charge in [0.2, 0.25) is 0 Å². The predicted octanol–water partition coefficient (Wildman–Crippen LogP) is 3.27. The third-order valence-corrected chi connectivity index (χ3v) is 4.92. The van der Waals surface area contributed by atoms with Crippen LogP contribution >= 0.6 is 0 Å². The fourth-order valence-corrected chi connectivity index (χ4v) is 3.46. The van der Waals surface area contributed by atoms with Crippen molar-refractivity contribution in [1.29, 1.82) is 0 Å². The van der Waals surface area contributed by atoms with Crippen molar-refractivity contribution in [3.63, 3.8) is 0 Å². The van der Waals surface area contributed by atoms with E-state index in [1.165, 1.54) is 5.56 Å². The number of hydrogen-bond donors (Lipinski definition) is 0. The smallest absolute Gasteiger partial charge is 0.339 e. The maximum absolute atomic E-state index is 12.1. The maximum atomic E-state index is 12.1. The van der Waals surface area contributed by atoms with Crippen LogP contribution in [0, 0.1) is 0 Å². The highest BCUT2D eigenvalue weighted by molar-refractivity contribution is 6.08. The van der Waals surface area contributed by atoms with Gasteiger partial charge in [-0.3, -0.25) is 4.90 Å². The van der Waals surface area contributed by atoms with Crippen LogP contribution in [-0.4, -0.2) is 27.0 Å². The zero-order valence-electron chi connectivity index (χ0n) is 14.5. The molecule has 0 radical (unpaired) electrons. The summed E-state index contributed by atoms with van der Waals surface area (Å²) in [6, 6.07) is 10.1. The average molecular weight is 335 g/mol. The number of esters is 1. The molecule has 0 unspecified atom stereocenters. The molecule has 0 N–H and O–H groups in total. The van der Waals surface area contributed by atoms with E-state index in [1.807, 2.05) is 31.6 Å². The Balaban J connectivity index is 1.70. The lowest BCUT2D eigenvalue weighted by molar-refractivity contribution is 0.0463. The normalized spacial score (nSPS) is 13.5. The van der Waals surface area contributed by atoms with E-state index >= 15 is 0 Å². The number of ether oxygens (including phenoxy) is 1. The molecule has 4 rings (SSSR count). The van der Waals surface area contributed by atoms with Gasteiger partial charge in [0, 0.05) is 31.4 Å². The van der Waals surface area contributed by atoms with Gasteiger partial charge in [-0.05, 0) is 29.1 Å². The minimum Gasteiger partial charge on any atom is -0.457 e. The molecule has 1 aliphatic rings. The molecule has 0 fully saturated rings. The van der Waals surface area contributed by atoms with Gasteiger partial charge in [0.25, 0.3) is 0 Å². The summed E-state index contributed by atoms with van der Waals surface area (Å²) in [5, 5.41) is 2.19. The van der Waals surface area contributed by atoms with Crippen LogP contribution in [0.25, 0.3) is 10.8 Å². The number of carbonyl (C=O) groups is 1. The zero-order valence-corrected chi connectivity index (χ0v) is 14.5. The number of benzene rings is 2. The number of nitrogens with zero attached hydrogens (tertiary/aromatic N) is 3. The van der Waals surface area contributed by atoms with Crippen LogP contribution < -0.4 is 0 Å². The highest BCUT2D eigenvalue weighted by atomic mass is 16.5. The molecule has 2 aromatic carbocycles. The summed E-state index contributed by atoms with van der Waals surface area (Å²) >= 11 is 0. The number of hydrogen-bond acceptors (Lipinski definition) is 4. The van der Waals surface area contributed by atoms with E-state index in [4.69, 9.17) is 4.74 Å². The first-order valence-corrected chi connectivity index (χ1v) is 8.56. The predicted molar refractivity (Wildman–Crippen MR) is 96.1 cm³/mol. The molecule has 5 nitrogen and oxygen atoms in total. The van der Waals surface area contributed by atoms with Crippen LogP contribution in [0.3, 0.4) is 0 Å². The molecule has 0 spiro atoms. The summed E-state index contributed by atoms with van der Waals surface area (Å²) in [7, 11) is 2.02. The number of rotatable bonds is 5. The minimum atomic E-state index is -0.226. The lowest BCUT2D eigenvalue weighted by Gasteiger charge is -2.23. The van der Waals surface area contributed by atoms with Crippen LogP contribution in [0.5, 0.6) is 0 Å². The van der Waals surface area contributed by atoms with E-state index in [2.05, 4.69) is 39.6 Å². The van der Waals surface area contributed by atoms with Gasteiger partial charge in [-0.2, -0.15) is 0 Å². The molecule has 0 amide bonds. The van der Waals surface area contributed by atoms with Crippen LogP contribution in [-0.2, 0) is 31.5 Å². The van der Waals surface area contributed by atoms with Crippen LogP contribution in [0.15, 0.2) is 42.7 Å². The summed E-state index contributed by atoms with van der Waals surface area (Å²) in [4.78, 5) is 18.8. The molecule has 0 saturated carbocycles. The molecular formula is C20H21N3O2. The fourth-order valence-electron chi connectivity index (χ4n) is 3.46. The molecule has 2 heterocycles. The van der Waals surface area contributed by atoms with Crippen molar-refractivity contribution >= 4 is 16.7 Å². The second-order valence-electron chi connectivity index (χ2n) is 6.45. The molecule has 0 saturated heterocycles. The summed E-state index contributed by atoms with van der Waals surface area (Å²) in [6.07, 6.45) is 3.80. The number of aromatic nitrogens is 2. The highest BCUT2D eigenvalue weighted by Crippen LogP contribution is 2.31. The van der Waals surface area contributed by atoms with Crippen LogP contribution in [0.1, 0.15) is 34.2 Å². The van der Waals surface area contributed by atoms with Gasteiger partial charge in [0.1, 0.15) is 12.4 Å². The Morgan fingerprint density at radius 2 is 2.12 bits per heavy atom. The third kappa shape index (κ3) is 2.81. The standard InChI is InChI=1S/C20H21N3O2/c1-3-23(12-18-21-9-10-22(18)2)11-14-7-8-15-13-25-20(24)17-6-4-5-16(14)19(15)17/h4-10H,3,11-13H2,1-2H3. The minimum absolute atomic E-state index is 0.226. The van der Waals surface area contributed by atoms with E-state index in [9.17, 15) is 4.79 Å². The third-order valence-electron chi connectivity index (χ3n) is 4.92. The largest absolute Gasteiger partial charge is 0.457 e. The Hall–Kier alpha value is -2.66. The van der Waals surface area contributed by atoms with E-state index in [0.717, 1.165) is 41.8 Å². The SMILES string of the molecule is CCN(Cc1ccc2c3c(cccc13)C(=O)OC2)Cc1nccn1C. The lowest BCUT2D eigenvalue weighted by atomic mass is 9.94. The fraction of sp³-hybridized carbons (Fsp3) is 0.300. The molecule has 1 aliphatic heterocycles. The van der Waals surface area contributed by atoms with Crippen molar-refractivity contribution in [3.05, 3.63) is 65.2 Å². The summed E-state index contributed by atoms with van der Waals surface area (Å²) < 4.78 is 7.31. The molecular weight excluding hydrogens is 314 g/mol. The van der Waals surface area contributed by atoms with E-state index in [1.54, 1.807) is 0 Å². The quantitative estimate of drug-likeness (QED) is 0.672. The Morgan fingerprint density at radius 1 is 1.24 bits per heavy atom. The second-order valence-corrected chi connectivity index (χ2v) is 6.45. The van der Waals surface area contributed by atoms with E-state index < -0.39 is 0 Å². The average Bonchev–Trinajstić information content (AvgIpc) is 3.03. The highest BCUT2D eigenvalue weighted by Gasteiger charge is 2.21. The molecule has 1 aromatic heterocycles. The maximum Gasteiger partial charge on any atom is 0.339 e. The first-order chi connectivity index (χ1) is 12.2. The van der Waals surface area contributed by atoms with E-state index in [0.29, 0.717) is 12.2 Å². The monoisotopic (exact) mass is 335 g/mol. The molecule has 128 valence electrons. The molecule has 0 aliphatic carbocycles. The van der Waals surface area contributed by atoms with Crippen molar-refractivity contribution < 1.29 is 9.53 Å². The molecule has 3 aromatic rings. The Kier molecular flexibility index (Phi) is 4.01.